The average molecular weight is 272 g/mol. The molecule has 0 aliphatic heterocycles. The predicted octanol–water partition coefficient (Wildman–Crippen LogP) is 2.64. The van der Waals surface area contributed by atoms with E-state index in [0.717, 1.165) is 4.47 Å². The molecule has 0 aliphatic carbocycles. The fourth-order valence-corrected chi connectivity index (χ4v) is 1.72. The third kappa shape index (κ3) is 2.72. The highest BCUT2D eigenvalue weighted by molar-refractivity contribution is 9.10. The summed E-state index contributed by atoms with van der Waals surface area (Å²) in [6, 6.07) is 4.90. The van der Waals surface area contributed by atoms with Gasteiger partial charge in [-0.3, -0.25) is 4.79 Å². The predicted molar refractivity (Wildman–Crippen MR) is 63.1 cm³/mol. The normalized spacial score (nSPS) is 10.1. The molecule has 3 nitrogen and oxygen atoms in total. The summed E-state index contributed by atoms with van der Waals surface area (Å²) < 4.78 is 0.760. The first kappa shape index (κ1) is 12.0. The molecule has 1 N–H and O–H groups in total. The molecule has 4 heteroatoms. The highest BCUT2D eigenvalue weighted by atomic mass is 79.9. The molecule has 1 aromatic rings. The molecule has 0 radical (unpaired) electrons. The summed E-state index contributed by atoms with van der Waals surface area (Å²) in [7, 11) is 0. The Morgan fingerprint density at radius 1 is 1.40 bits per heavy atom. The number of carbonyl (C=O) groups excluding carboxylic acids is 1. The van der Waals surface area contributed by atoms with Gasteiger partial charge < -0.3 is 10.0 Å². The zero-order chi connectivity index (χ0) is 11.4. The monoisotopic (exact) mass is 271 g/mol. The van der Waals surface area contributed by atoms with Crippen molar-refractivity contribution in [2.75, 3.05) is 13.1 Å². The van der Waals surface area contributed by atoms with E-state index in [1.54, 1.807) is 17.0 Å². The molecule has 0 aromatic heterocycles. The summed E-state index contributed by atoms with van der Waals surface area (Å²) in [6.45, 7) is 5.12. The summed E-state index contributed by atoms with van der Waals surface area (Å²) in [5.74, 6) is -0.119. The van der Waals surface area contributed by atoms with Crippen LogP contribution in [-0.2, 0) is 0 Å². The molecule has 82 valence electrons. The average Bonchev–Trinajstić information content (AvgIpc) is 2.19. The van der Waals surface area contributed by atoms with Gasteiger partial charge in [0.2, 0.25) is 0 Å². The maximum Gasteiger partial charge on any atom is 0.257 e. The van der Waals surface area contributed by atoms with Crippen molar-refractivity contribution in [1.82, 2.24) is 4.90 Å². The lowest BCUT2D eigenvalue weighted by Gasteiger charge is -2.19. The Morgan fingerprint density at radius 2 is 2.00 bits per heavy atom. The lowest BCUT2D eigenvalue weighted by atomic mass is 10.1. The van der Waals surface area contributed by atoms with Crippen molar-refractivity contribution in [3.05, 3.63) is 28.2 Å². The molecule has 0 bridgehead atoms. The van der Waals surface area contributed by atoms with Crippen LogP contribution in [0.4, 0.5) is 0 Å². The Balaban J connectivity index is 3.00. The van der Waals surface area contributed by atoms with Crippen LogP contribution < -0.4 is 0 Å². The van der Waals surface area contributed by atoms with E-state index in [-0.39, 0.29) is 11.7 Å². The molecule has 0 atom stereocenters. The minimum Gasteiger partial charge on any atom is -0.507 e. The van der Waals surface area contributed by atoms with Crippen LogP contribution in [-0.4, -0.2) is 29.0 Å². The van der Waals surface area contributed by atoms with Gasteiger partial charge >= 0.3 is 0 Å². The molecule has 1 aromatic carbocycles. The van der Waals surface area contributed by atoms with Crippen LogP contribution in [0.3, 0.4) is 0 Å². The number of aromatic hydroxyl groups is 1. The lowest BCUT2D eigenvalue weighted by Crippen LogP contribution is -2.30. The number of rotatable bonds is 3. The molecule has 1 amide bonds. The lowest BCUT2D eigenvalue weighted by molar-refractivity contribution is 0.0770. The number of phenols is 1. The number of benzene rings is 1. The number of amides is 1. The van der Waals surface area contributed by atoms with Crippen LogP contribution in [0.15, 0.2) is 22.7 Å². The molecule has 15 heavy (non-hydrogen) atoms. The Labute approximate surface area is 97.8 Å². The van der Waals surface area contributed by atoms with Crippen LogP contribution in [0.2, 0.25) is 0 Å². The van der Waals surface area contributed by atoms with E-state index in [4.69, 9.17) is 0 Å². The molecule has 0 heterocycles. The Bertz CT molecular complexity index is 362. The minimum absolute atomic E-state index is 0.0151. The molecular formula is C11H14BrNO2. The first-order chi connectivity index (χ1) is 7.10. The minimum atomic E-state index is -0.134. The topological polar surface area (TPSA) is 40.5 Å². The van der Waals surface area contributed by atoms with Gasteiger partial charge in [0.15, 0.2) is 0 Å². The Kier molecular flexibility index (Phi) is 4.15. The molecule has 0 spiro atoms. The van der Waals surface area contributed by atoms with Crippen molar-refractivity contribution in [3.63, 3.8) is 0 Å². The van der Waals surface area contributed by atoms with Gasteiger partial charge in [-0.2, -0.15) is 0 Å². The van der Waals surface area contributed by atoms with Gasteiger partial charge in [0.05, 0.1) is 5.56 Å². The Morgan fingerprint density at radius 3 is 2.47 bits per heavy atom. The summed E-state index contributed by atoms with van der Waals surface area (Å²) in [4.78, 5) is 13.6. The van der Waals surface area contributed by atoms with E-state index < -0.39 is 0 Å². The number of nitrogens with zero attached hydrogens (tertiary/aromatic N) is 1. The number of phenolic OH excluding ortho intramolecular Hbond substituents is 1. The second-order valence-corrected chi connectivity index (χ2v) is 4.05. The maximum absolute atomic E-state index is 11.9. The van der Waals surface area contributed by atoms with Gasteiger partial charge in [0, 0.05) is 17.6 Å². The van der Waals surface area contributed by atoms with Gasteiger partial charge in [-0.05, 0) is 32.0 Å². The molecular weight excluding hydrogens is 258 g/mol. The van der Waals surface area contributed by atoms with Crippen molar-refractivity contribution in [1.29, 1.82) is 0 Å². The first-order valence-electron chi connectivity index (χ1n) is 4.88. The van der Waals surface area contributed by atoms with Crippen molar-refractivity contribution in [3.8, 4) is 5.75 Å². The summed E-state index contributed by atoms with van der Waals surface area (Å²) in [6.07, 6.45) is 0. The second-order valence-electron chi connectivity index (χ2n) is 3.14. The number of hydrogen-bond donors (Lipinski definition) is 1. The zero-order valence-electron chi connectivity index (χ0n) is 8.83. The number of halogens is 1. The second kappa shape index (κ2) is 5.16. The van der Waals surface area contributed by atoms with Crippen LogP contribution in [0.25, 0.3) is 0 Å². The molecule has 0 saturated carbocycles. The highest BCUT2D eigenvalue weighted by Gasteiger charge is 2.15. The van der Waals surface area contributed by atoms with Crippen LogP contribution in [0.5, 0.6) is 5.75 Å². The van der Waals surface area contributed by atoms with Crippen LogP contribution >= 0.6 is 15.9 Å². The molecule has 0 saturated heterocycles. The van der Waals surface area contributed by atoms with Gasteiger partial charge in [-0.1, -0.05) is 15.9 Å². The van der Waals surface area contributed by atoms with Gasteiger partial charge in [-0.15, -0.1) is 0 Å². The third-order valence-corrected chi connectivity index (χ3v) is 2.73. The largest absolute Gasteiger partial charge is 0.507 e. The van der Waals surface area contributed by atoms with Gasteiger partial charge in [0.25, 0.3) is 5.91 Å². The third-order valence-electron chi connectivity index (χ3n) is 2.24. The zero-order valence-corrected chi connectivity index (χ0v) is 10.4. The summed E-state index contributed by atoms with van der Waals surface area (Å²) in [5.41, 5.74) is 0.349. The molecule has 1 rings (SSSR count). The fourth-order valence-electron chi connectivity index (χ4n) is 1.37. The SMILES string of the molecule is CCN(CC)C(=O)c1ccc(Br)cc1O. The number of hydrogen-bond acceptors (Lipinski definition) is 2. The van der Waals surface area contributed by atoms with Crippen molar-refractivity contribution >= 4 is 21.8 Å². The maximum atomic E-state index is 11.9. The highest BCUT2D eigenvalue weighted by Crippen LogP contribution is 2.23. The van der Waals surface area contributed by atoms with Crippen LogP contribution in [0.1, 0.15) is 24.2 Å². The summed E-state index contributed by atoms with van der Waals surface area (Å²) >= 11 is 3.23. The molecule has 0 fully saturated rings. The molecule has 0 aliphatic rings. The van der Waals surface area contributed by atoms with E-state index in [1.165, 1.54) is 6.07 Å². The molecule has 0 unspecified atom stereocenters. The van der Waals surface area contributed by atoms with E-state index in [1.807, 2.05) is 13.8 Å². The first-order valence-corrected chi connectivity index (χ1v) is 5.67. The quantitative estimate of drug-likeness (QED) is 0.918. The van der Waals surface area contributed by atoms with E-state index in [9.17, 15) is 9.90 Å². The number of carbonyl (C=O) groups is 1. The van der Waals surface area contributed by atoms with E-state index in [0.29, 0.717) is 18.7 Å². The smallest absolute Gasteiger partial charge is 0.257 e. The van der Waals surface area contributed by atoms with Crippen molar-refractivity contribution < 1.29 is 9.90 Å². The standard InChI is InChI=1S/C11H14BrNO2/c1-3-13(4-2)11(15)9-6-5-8(12)7-10(9)14/h5-7,14H,3-4H2,1-2H3. The Hall–Kier alpha value is -1.03. The summed E-state index contributed by atoms with van der Waals surface area (Å²) in [5, 5.41) is 9.62. The van der Waals surface area contributed by atoms with Crippen molar-refractivity contribution in [2.24, 2.45) is 0 Å². The van der Waals surface area contributed by atoms with E-state index >= 15 is 0 Å². The van der Waals surface area contributed by atoms with Crippen molar-refractivity contribution in [2.45, 2.75) is 13.8 Å². The van der Waals surface area contributed by atoms with Gasteiger partial charge in [-0.25, -0.2) is 0 Å². The van der Waals surface area contributed by atoms with E-state index in [2.05, 4.69) is 15.9 Å². The van der Waals surface area contributed by atoms with Crippen LogP contribution in [0, 0.1) is 0 Å². The fraction of sp³-hybridized carbons (Fsp3) is 0.364. The van der Waals surface area contributed by atoms with Gasteiger partial charge in [0.1, 0.15) is 5.75 Å².